The Kier molecular flexibility index (Phi) is 3.70. The van der Waals surface area contributed by atoms with Crippen LogP contribution in [0, 0.1) is 0 Å². The average molecular weight is 263 g/mol. The zero-order chi connectivity index (χ0) is 13.8. The number of hydrogen-bond donors (Lipinski definition) is 0. The maximum Gasteiger partial charge on any atom is 0.355 e. The fraction of sp³-hybridized carbons (Fsp3) is 0.231. The van der Waals surface area contributed by atoms with Crippen molar-refractivity contribution in [1.82, 2.24) is 4.57 Å². The van der Waals surface area contributed by atoms with E-state index >= 15 is 0 Å². The lowest BCUT2D eigenvalue weighted by Gasteiger charge is -2.05. The summed E-state index contributed by atoms with van der Waals surface area (Å²) in [5.74, 6) is -0.757. The molecule has 0 N–H and O–H groups in total. The van der Waals surface area contributed by atoms with Gasteiger partial charge in [0.2, 0.25) is 0 Å². The minimum atomic E-state index is -0.529. The molecule has 2 aromatic heterocycles. The van der Waals surface area contributed by atoms with Crippen molar-refractivity contribution in [1.29, 1.82) is 0 Å². The zero-order valence-electron chi connectivity index (χ0n) is 10.6. The Morgan fingerprint density at radius 1 is 1.32 bits per heavy atom. The Labute approximate surface area is 109 Å². The number of rotatable bonds is 4. The molecule has 0 atom stereocenters. The first-order valence-electron chi connectivity index (χ1n) is 5.56. The first-order chi connectivity index (χ1) is 9.13. The molecular weight excluding hydrogens is 250 g/mol. The highest BCUT2D eigenvalue weighted by Crippen LogP contribution is 2.14. The summed E-state index contributed by atoms with van der Waals surface area (Å²) in [5, 5.41) is 0. The van der Waals surface area contributed by atoms with E-state index in [1.807, 2.05) is 0 Å². The fourth-order valence-corrected chi connectivity index (χ4v) is 1.62. The molecule has 0 radical (unpaired) electrons. The van der Waals surface area contributed by atoms with E-state index in [0.717, 1.165) is 0 Å². The van der Waals surface area contributed by atoms with E-state index in [0.29, 0.717) is 5.69 Å². The number of nitrogens with zero attached hydrogens (tertiary/aromatic N) is 1. The van der Waals surface area contributed by atoms with E-state index in [4.69, 9.17) is 9.15 Å². The second kappa shape index (κ2) is 5.43. The average Bonchev–Trinajstić information content (AvgIpc) is 3.03. The predicted molar refractivity (Wildman–Crippen MR) is 64.6 cm³/mol. The van der Waals surface area contributed by atoms with Gasteiger partial charge in [-0.15, -0.1) is 0 Å². The van der Waals surface area contributed by atoms with Gasteiger partial charge in [-0.2, -0.15) is 0 Å². The first kappa shape index (κ1) is 12.9. The van der Waals surface area contributed by atoms with Crippen LogP contribution in [0.1, 0.15) is 26.6 Å². The maximum absolute atomic E-state index is 11.8. The first-order valence-corrected chi connectivity index (χ1v) is 5.56. The van der Waals surface area contributed by atoms with Crippen LogP contribution in [0.15, 0.2) is 35.1 Å². The highest BCUT2D eigenvalue weighted by molar-refractivity contribution is 5.90. The van der Waals surface area contributed by atoms with Gasteiger partial charge in [-0.05, 0) is 18.2 Å². The largest absolute Gasteiger partial charge is 0.465 e. The summed E-state index contributed by atoms with van der Waals surface area (Å²) in [6, 6.07) is 4.85. The van der Waals surface area contributed by atoms with Crippen LogP contribution in [0.4, 0.5) is 0 Å². The zero-order valence-corrected chi connectivity index (χ0v) is 10.6. The molecule has 0 unspecified atom stereocenters. The molecule has 6 nitrogen and oxygen atoms in total. The lowest BCUT2D eigenvalue weighted by Crippen LogP contribution is -2.11. The van der Waals surface area contributed by atoms with Gasteiger partial charge >= 0.3 is 11.9 Å². The normalized spacial score (nSPS) is 10.2. The number of hydrogen-bond acceptors (Lipinski definition) is 5. The fourth-order valence-electron chi connectivity index (χ4n) is 1.62. The van der Waals surface area contributed by atoms with Gasteiger partial charge in [-0.3, -0.25) is 0 Å². The van der Waals surface area contributed by atoms with Crippen molar-refractivity contribution in [2.45, 2.75) is 6.61 Å². The molecular formula is C13H13NO5. The number of methoxy groups -OCH3 is 1. The molecule has 100 valence electrons. The smallest absolute Gasteiger partial charge is 0.355 e. The number of aryl methyl sites for hydroxylation is 1. The van der Waals surface area contributed by atoms with Crippen LogP contribution in [0.2, 0.25) is 0 Å². The third-order valence-electron chi connectivity index (χ3n) is 2.64. The maximum atomic E-state index is 11.8. The highest BCUT2D eigenvalue weighted by Gasteiger charge is 2.17. The quantitative estimate of drug-likeness (QED) is 0.786. The monoisotopic (exact) mass is 263 g/mol. The van der Waals surface area contributed by atoms with Crippen LogP contribution in [0.25, 0.3) is 0 Å². The molecule has 0 aliphatic heterocycles. The van der Waals surface area contributed by atoms with Gasteiger partial charge in [0.15, 0.2) is 12.4 Å². The molecule has 19 heavy (non-hydrogen) atoms. The Morgan fingerprint density at radius 2 is 2.11 bits per heavy atom. The van der Waals surface area contributed by atoms with Gasteiger partial charge < -0.3 is 18.5 Å². The van der Waals surface area contributed by atoms with Gasteiger partial charge in [-0.25, -0.2) is 9.59 Å². The van der Waals surface area contributed by atoms with Gasteiger partial charge in [0, 0.05) is 13.2 Å². The van der Waals surface area contributed by atoms with Crippen molar-refractivity contribution >= 4 is 11.9 Å². The summed E-state index contributed by atoms with van der Waals surface area (Å²) >= 11 is 0. The molecule has 2 aromatic rings. The van der Waals surface area contributed by atoms with E-state index in [1.54, 1.807) is 29.9 Å². The van der Waals surface area contributed by atoms with Crippen molar-refractivity contribution in [3.8, 4) is 0 Å². The summed E-state index contributed by atoms with van der Waals surface area (Å²) in [6.07, 6.45) is 3.08. The Bertz CT molecular complexity index is 596. The lowest BCUT2D eigenvalue weighted by atomic mass is 10.2. The van der Waals surface area contributed by atoms with E-state index in [2.05, 4.69) is 4.74 Å². The summed E-state index contributed by atoms with van der Waals surface area (Å²) < 4.78 is 16.4. The third-order valence-corrected chi connectivity index (χ3v) is 2.64. The van der Waals surface area contributed by atoms with E-state index in [-0.39, 0.29) is 17.9 Å². The van der Waals surface area contributed by atoms with Crippen LogP contribution in [0.5, 0.6) is 0 Å². The molecule has 2 heterocycles. The predicted octanol–water partition coefficient (Wildman–Crippen LogP) is 1.76. The molecule has 0 saturated heterocycles. The summed E-state index contributed by atoms with van der Waals surface area (Å²) in [7, 11) is 3.01. The van der Waals surface area contributed by atoms with E-state index in [1.165, 1.54) is 19.4 Å². The number of ether oxygens (including phenoxy) is 2. The van der Waals surface area contributed by atoms with Gasteiger partial charge in [-0.1, -0.05) is 0 Å². The topological polar surface area (TPSA) is 70.7 Å². The Morgan fingerprint density at radius 3 is 2.74 bits per heavy atom. The van der Waals surface area contributed by atoms with Crippen molar-refractivity contribution in [3.05, 3.63) is 47.7 Å². The molecule has 0 aromatic carbocycles. The molecule has 0 spiro atoms. The Balaban J connectivity index is 2.04. The molecule has 0 fully saturated rings. The van der Waals surface area contributed by atoms with E-state index < -0.39 is 11.9 Å². The molecule has 0 aliphatic carbocycles. The van der Waals surface area contributed by atoms with E-state index in [9.17, 15) is 9.59 Å². The van der Waals surface area contributed by atoms with Gasteiger partial charge in [0.1, 0.15) is 11.3 Å². The molecule has 0 bridgehead atoms. The molecule has 6 heteroatoms. The summed E-state index contributed by atoms with van der Waals surface area (Å²) in [6.45, 7) is -0.124. The third kappa shape index (κ3) is 2.67. The standard InChI is InChI=1S/C13H13NO5/c1-14-6-3-4-10(14)13(16)19-8-11-9(5-7-18-11)12(15)17-2/h3-7H,8H2,1-2H3. The van der Waals surface area contributed by atoms with Crippen LogP contribution < -0.4 is 0 Å². The van der Waals surface area contributed by atoms with Crippen LogP contribution in [-0.2, 0) is 23.1 Å². The number of furan rings is 1. The lowest BCUT2D eigenvalue weighted by molar-refractivity contribution is 0.0422. The van der Waals surface area contributed by atoms with Gasteiger partial charge in [0.05, 0.1) is 13.4 Å². The second-order valence-electron chi connectivity index (χ2n) is 3.83. The number of carbonyl (C=O) groups is 2. The van der Waals surface area contributed by atoms with Crippen LogP contribution in [-0.4, -0.2) is 23.6 Å². The van der Waals surface area contributed by atoms with Crippen molar-refractivity contribution < 1.29 is 23.5 Å². The summed E-state index contributed by atoms with van der Waals surface area (Å²) in [5.41, 5.74) is 0.674. The van der Waals surface area contributed by atoms with Crippen LogP contribution in [0.3, 0.4) is 0 Å². The summed E-state index contributed by atoms with van der Waals surface area (Å²) in [4.78, 5) is 23.2. The highest BCUT2D eigenvalue weighted by atomic mass is 16.5. The van der Waals surface area contributed by atoms with Crippen LogP contribution >= 0.6 is 0 Å². The minimum Gasteiger partial charge on any atom is -0.465 e. The van der Waals surface area contributed by atoms with Gasteiger partial charge in [0.25, 0.3) is 0 Å². The Hall–Kier alpha value is -2.50. The van der Waals surface area contributed by atoms with Crippen molar-refractivity contribution in [2.24, 2.45) is 7.05 Å². The molecule has 2 rings (SSSR count). The number of carbonyl (C=O) groups excluding carboxylic acids is 2. The number of esters is 2. The molecule has 0 saturated carbocycles. The second-order valence-corrected chi connectivity index (χ2v) is 3.83. The van der Waals surface area contributed by atoms with Crippen molar-refractivity contribution in [3.63, 3.8) is 0 Å². The number of aromatic nitrogens is 1. The van der Waals surface area contributed by atoms with Crippen molar-refractivity contribution in [2.75, 3.05) is 7.11 Å². The SMILES string of the molecule is COC(=O)c1ccoc1COC(=O)c1cccn1C. The molecule has 0 aliphatic rings. The molecule has 0 amide bonds. The minimum absolute atomic E-state index is 0.124.